The number of nitrogens with two attached hydrogens (primary N) is 1. The van der Waals surface area contributed by atoms with Crippen molar-refractivity contribution in [3.8, 4) is 6.07 Å². The Bertz CT molecular complexity index is 738. The predicted octanol–water partition coefficient (Wildman–Crippen LogP) is 3.11. The van der Waals surface area contributed by atoms with E-state index in [0.717, 1.165) is 0 Å². The first kappa shape index (κ1) is 18.0. The minimum atomic E-state index is -0.157. The van der Waals surface area contributed by atoms with Crippen molar-refractivity contribution in [2.75, 3.05) is 11.9 Å². The first-order valence-electron chi connectivity index (χ1n) is 7.89. The van der Waals surface area contributed by atoms with Gasteiger partial charge in [-0.3, -0.25) is 4.79 Å². The fourth-order valence-electron chi connectivity index (χ4n) is 2.62. The summed E-state index contributed by atoms with van der Waals surface area (Å²) in [5.74, 6) is 0.233. The topological polar surface area (TPSA) is 69.5 Å². The van der Waals surface area contributed by atoms with Crippen molar-refractivity contribution in [1.82, 2.24) is 0 Å². The lowest BCUT2D eigenvalue weighted by atomic mass is 9.96. The summed E-state index contributed by atoms with van der Waals surface area (Å²) in [6, 6.07) is 17.2. The zero-order valence-corrected chi connectivity index (χ0v) is 14.5. The van der Waals surface area contributed by atoms with Crippen molar-refractivity contribution in [1.29, 1.82) is 5.26 Å². The second-order valence-electron chi connectivity index (χ2n) is 5.97. The Morgan fingerprint density at radius 3 is 2.58 bits per heavy atom. The lowest BCUT2D eigenvalue weighted by Gasteiger charge is -2.19. The van der Waals surface area contributed by atoms with E-state index in [1.165, 1.54) is 5.56 Å². The fourth-order valence-corrected chi connectivity index (χ4v) is 2.79. The van der Waals surface area contributed by atoms with E-state index in [0.29, 0.717) is 22.2 Å². The molecule has 0 aliphatic heterocycles. The van der Waals surface area contributed by atoms with Crippen molar-refractivity contribution in [2.24, 2.45) is 5.92 Å². The number of quaternary nitrogens is 1. The molecule has 0 aromatic heterocycles. The van der Waals surface area contributed by atoms with E-state index in [9.17, 15) is 4.79 Å². The van der Waals surface area contributed by atoms with Gasteiger partial charge in [-0.1, -0.05) is 55.8 Å². The highest BCUT2D eigenvalue weighted by atomic mass is 35.5. The van der Waals surface area contributed by atoms with Crippen LogP contribution in [0.1, 0.15) is 31.0 Å². The van der Waals surface area contributed by atoms with Crippen LogP contribution in [0.5, 0.6) is 0 Å². The zero-order chi connectivity index (χ0) is 17.5. The normalized spacial score (nSPS) is 11.8. The standard InChI is InChI=1S/C19H20ClN3O/c1-13(2)19(14-6-4-3-5-7-14)22-12-18(24)23-17-10-16(20)9-8-15(17)11-21/h3-10,13,19,22H,12H2,1-2H3,(H,23,24)/p+1/t19-/m0/s1. The SMILES string of the molecule is CC(C)[C@H]([NH2+]CC(=O)Nc1cc(Cl)ccc1C#N)c1ccccc1. The highest BCUT2D eigenvalue weighted by Crippen LogP contribution is 2.20. The van der Waals surface area contributed by atoms with Gasteiger partial charge in [0, 0.05) is 16.5 Å². The summed E-state index contributed by atoms with van der Waals surface area (Å²) in [6.45, 7) is 4.54. The van der Waals surface area contributed by atoms with Gasteiger partial charge in [0.1, 0.15) is 12.1 Å². The minimum absolute atomic E-state index is 0.157. The molecule has 0 saturated carbocycles. The molecule has 2 rings (SSSR count). The van der Waals surface area contributed by atoms with Crippen LogP contribution in [0.4, 0.5) is 5.69 Å². The molecule has 0 saturated heterocycles. The fraction of sp³-hybridized carbons (Fsp3) is 0.263. The Labute approximate surface area is 147 Å². The Hall–Kier alpha value is -2.35. The van der Waals surface area contributed by atoms with Gasteiger partial charge in [-0.2, -0.15) is 5.26 Å². The number of carbonyl (C=O) groups excluding carboxylic acids is 1. The summed E-state index contributed by atoms with van der Waals surface area (Å²) in [6.07, 6.45) is 0. The number of nitrogens with zero attached hydrogens (tertiary/aromatic N) is 1. The van der Waals surface area contributed by atoms with Gasteiger partial charge in [-0.25, -0.2) is 0 Å². The third-order valence-corrected chi connectivity index (χ3v) is 4.07. The number of hydrogen-bond acceptors (Lipinski definition) is 2. The molecule has 0 aliphatic carbocycles. The summed E-state index contributed by atoms with van der Waals surface area (Å²) in [4.78, 5) is 12.3. The Balaban J connectivity index is 2.02. The summed E-state index contributed by atoms with van der Waals surface area (Å²) >= 11 is 5.94. The van der Waals surface area contributed by atoms with E-state index in [1.54, 1.807) is 18.2 Å². The van der Waals surface area contributed by atoms with Crippen LogP contribution in [-0.2, 0) is 4.79 Å². The van der Waals surface area contributed by atoms with Crippen LogP contribution >= 0.6 is 11.6 Å². The van der Waals surface area contributed by atoms with Gasteiger partial charge in [0.2, 0.25) is 0 Å². The number of hydrogen-bond donors (Lipinski definition) is 2. The number of halogens is 1. The summed E-state index contributed by atoms with van der Waals surface area (Å²) in [5.41, 5.74) is 2.04. The molecule has 0 bridgehead atoms. The van der Waals surface area contributed by atoms with E-state index >= 15 is 0 Å². The molecule has 3 N–H and O–H groups in total. The van der Waals surface area contributed by atoms with E-state index in [-0.39, 0.29) is 18.5 Å². The van der Waals surface area contributed by atoms with Crippen LogP contribution in [0.2, 0.25) is 5.02 Å². The van der Waals surface area contributed by atoms with E-state index in [2.05, 4.69) is 37.4 Å². The number of nitrogens with one attached hydrogen (secondary N) is 1. The molecule has 4 nitrogen and oxygen atoms in total. The smallest absolute Gasteiger partial charge is 0.279 e. The van der Waals surface area contributed by atoms with Crippen molar-refractivity contribution in [3.63, 3.8) is 0 Å². The van der Waals surface area contributed by atoms with Crippen molar-refractivity contribution in [3.05, 3.63) is 64.7 Å². The summed E-state index contributed by atoms with van der Waals surface area (Å²) in [7, 11) is 0. The number of rotatable bonds is 6. The second kappa shape index (κ2) is 8.49. The molecule has 0 aliphatic rings. The van der Waals surface area contributed by atoms with Gasteiger partial charge in [0.15, 0.2) is 6.54 Å². The van der Waals surface area contributed by atoms with Crippen LogP contribution in [-0.4, -0.2) is 12.5 Å². The van der Waals surface area contributed by atoms with Crippen LogP contribution in [0.3, 0.4) is 0 Å². The quantitative estimate of drug-likeness (QED) is 0.846. The summed E-state index contributed by atoms with van der Waals surface area (Å²) < 4.78 is 0. The average Bonchev–Trinajstić information content (AvgIpc) is 2.56. The zero-order valence-electron chi connectivity index (χ0n) is 13.8. The molecule has 24 heavy (non-hydrogen) atoms. The average molecular weight is 343 g/mol. The van der Waals surface area contributed by atoms with Crippen LogP contribution in [0, 0.1) is 17.2 Å². The van der Waals surface area contributed by atoms with E-state index in [4.69, 9.17) is 16.9 Å². The molecule has 2 aromatic rings. The number of nitriles is 1. The maximum atomic E-state index is 12.3. The Morgan fingerprint density at radius 2 is 1.96 bits per heavy atom. The molecular formula is C19H21ClN3O+. The Morgan fingerprint density at radius 1 is 1.25 bits per heavy atom. The molecule has 0 radical (unpaired) electrons. The monoisotopic (exact) mass is 342 g/mol. The number of amides is 1. The third kappa shape index (κ3) is 4.82. The predicted molar refractivity (Wildman–Crippen MR) is 95.6 cm³/mol. The molecule has 2 aromatic carbocycles. The maximum Gasteiger partial charge on any atom is 0.279 e. The molecular weight excluding hydrogens is 322 g/mol. The number of anilines is 1. The molecule has 1 amide bonds. The van der Waals surface area contributed by atoms with Gasteiger partial charge in [-0.15, -0.1) is 0 Å². The molecule has 0 spiro atoms. The molecule has 0 fully saturated rings. The summed E-state index contributed by atoms with van der Waals surface area (Å²) in [5, 5.41) is 14.4. The first-order valence-corrected chi connectivity index (χ1v) is 8.27. The van der Waals surface area contributed by atoms with Crippen molar-refractivity contribution in [2.45, 2.75) is 19.9 Å². The van der Waals surface area contributed by atoms with Gasteiger partial charge >= 0.3 is 0 Å². The largest absolute Gasteiger partial charge is 0.332 e. The third-order valence-electron chi connectivity index (χ3n) is 3.84. The van der Waals surface area contributed by atoms with E-state index < -0.39 is 0 Å². The number of benzene rings is 2. The molecule has 0 unspecified atom stereocenters. The minimum Gasteiger partial charge on any atom is -0.332 e. The molecule has 1 atom stereocenters. The maximum absolute atomic E-state index is 12.3. The van der Waals surface area contributed by atoms with Crippen LogP contribution < -0.4 is 10.6 Å². The van der Waals surface area contributed by atoms with Gasteiger partial charge in [0.05, 0.1) is 11.3 Å². The lowest BCUT2D eigenvalue weighted by Crippen LogP contribution is -2.88. The molecule has 0 heterocycles. The molecule has 5 heteroatoms. The number of carbonyl (C=O) groups is 1. The van der Waals surface area contributed by atoms with Gasteiger partial charge in [0.25, 0.3) is 5.91 Å². The first-order chi connectivity index (χ1) is 11.5. The van der Waals surface area contributed by atoms with Gasteiger partial charge < -0.3 is 10.6 Å². The lowest BCUT2D eigenvalue weighted by molar-refractivity contribution is -0.692. The molecule has 124 valence electrons. The van der Waals surface area contributed by atoms with Crippen molar-refractivity contribution >= 4 is 23.2 Å². The second-order valence-corrected chi connectivity index (χ2v) is 6.41. The van der Waals surface area contributed by atoms with E-state index in [1.807, 2.05) is 23.5 Å². The highest BCUT2D eigenvalue weighted by Gasteiger charge is 2.20. The highest BCUT2D eigenvalue weighted by molar-refractivity contribution is 6.31. The van der Waals surface area contributed by atoms with Crippen molar-refractivity contribution < 1.29 is 10.1 Å². The van der Waals surface area contributed by atoms with Crippen LogP contribution in [0.25, 0.3) is 0 Å². The van der Waals surface area contributed by atoms with Gasteiger partial charge in [-0.05, 0) is 18.2 Å². The Kier molecular flexibility index (Phi) is 6.36. The van der Waals surface area contributed by atoms with Crippen LogP contribution in [0.15, 0.2) is 48.5 Å².